The van der Waals surface area contributed by atoms with E-state index < -0.39 is 5.60 Å². The standard InChI is InChI=1S/C16H19ClN4O2/c17-11-7-19-12-1-2-13(22)21-9-16(23,14(11)15(12)21)8-20-5-3-10(18)4-6-20/h1-2,7,10,23H,3-6,8-9,18H2. The van der Waals surface area contributed by atoms with E-state index in [-0.39, 0.29) is 18.1 Å². The number of pyridine rings is 2. The third-order valence-corrected chi connectivity index (χ3v) is 5.24. The molecule has 1 saturated heterocycles. The van der Waals surface area contributed by atoms with Crippen molar-refractivity contribution in [2.24, 2.45) is 5.73 Å². The molecule has 2 aromatic heterocycles. The van der Waals surface area contributed by atoms with E-state index in [1.54, 1.807) is 16.8 Å². The molecule has 4 rings (SSSR count). The fourth-order valence-corrected chi connectivity index (χ4v) is 4.10. The lowest BCUT2D eigenvalue weighted by Crippen LogP contribution is -2.47. The molecule has 1 atom stereocenters. The second-order valence-electron chi connectivity index (χ2n) is 6.62. The molecule has 0 aliphatic carbocycles. The van der Waals surface area contributed by atoms with Crippen LogP contribution in [0.1, 0.15) is 18.4 Å². The van der Waals surface area contributed by atoms with E-state index >= 15 is 0 Å². The monoisotopic (exact) mass is 334 g/mol. The quantitative estimate of drug-likeness (QED) is 0.843. The summed E-state index contributed by atoms with van der Waals surface area (Å²) in [4.78, 5) is 18.7. The molecule has 4 heterocycles. The van der Waals surface area contributed by atoms with Crippen molar-refractivity contribution in [2.75, 3.05) is 19.6 Å². The number of likely N-dealkylation sites (tertiary alicyclic amines) is 1. The van der Waals surface area contributed by atoms with Gasteiger partial charge in [0.25, 0.3) is 5.56 Å². The number of hydrogen-bond acceptors (Lipinski definition) is 5. The van der Waals surface area contributed by atoms with E-state index in [0.717, 1.165) is 25.9 Å². The largest absolute Gasteiger partial charge is 0.382 e. The Morgan fingerprint density at radius 3 is 2.87 bits per heavy atom. The topological polar surface area (TPSA) is 84.4 Å². The number of aliphatic hydroxyl groups is 1. The van der Waals surface area contributed by atoms with Crippen LogP contribution in [0.3, 0.4) is 0 Å². The van der Waals surface area contributed by atoms with Crippen LogP contribution in [-0.4, -0.2) is 45.2 Å². The first-order valence-electron chi connectivity index (χ1n) is 7.87. The second kappa shape index (κ2) is 5.27. The summed E-state index contributed by atoms with van der Waals surface area (Å²) in [5.74, 6) is 0. The Balaban J connectivity index is 1.77. The van der Waals surface area contributed by atoms with Crippen LogP contribution in [0.15, 0.2) is 23.1 Å². The number of hydrogen-bond donors (Lipinski definition) is 2. The Bertz CT molecular complexity index is 829. The van der Waals surface area contributed by atoms with Gasteiger partial charge in [-0.1, -0.05) is 11.6 Å². The van der Waals surface area contributed by atoms with Crippen LogP contribution in [0.2, 0.25) is 5.02 Å². The van der Waals surface area contributed by atoms with Crippen LogP contribution in [0.5, 0.6) is 0 Å². The van der Waals surface area contributed by atoms with E-state index in [1.807, 2.05) is 0 Å². The fourth-order valence-electron chi connectivity index (χ4n) is 3.79. The normalized spacial score (nSPS) is 25.3. The molecule has 23 heavy (non-hydrogen) atoms. The molecule has 0 bridgehead atoms. The molecular formula is C16H19ClN4O2. The Kier molecular flexibility index (Phi) is 3.46. The number of rotatable bonds is 2. The number of nitrogens with two attached hydrogens (primary N) is 1. The molecule has 2 aliphatic heterocycles. The average molecular weight is 335 g/mol. The maximum absolute atomic E-state index is 12.2. The van der Waals surface area contributed by atoms with Crippen molar-refractivity contribution in [1.82, 2.24) is 14.5 Å². The van der Waals surface area contributed by atoms with E-state index in [2.05, 4.69) is 9.88 Å². The van der Waals surface area contributed by atoms with Crippen LogP contribution in [0.4, 0.5) is 0 Å². The van der Waals surface area contributed by atoms with Crippen molar-refractivity contribution in [1.29, 1.82) is 0 Å². The van der Waals surface area contributed by atoms with Gasteiger partial charge in [0.1, 0.15) is 5.60 Å². The molecule has 0 saturated carbocycles. The number of aromatic nitrogens is 2. The first-order chi connectivity index (χ1) is 11.0. The molecule has 2 aromatic rings. The molecule has 3 N–H and O–H groups in total. The summed E-state index contributed by atoms with van der Waals surface area (Å²) in [5.41, 5.74) is 6.59. The van der Waals surface area contributed by atoms with Gasteiger partial charge in [-0.15, -0.1) is 0 Å². The zero-order valence-corrected chi connectivity index (χ0v) is 13.5. The zero-order chi connectivity index (χ0) is 16.2. The predicted molar refractivity (Wildman–Crippen MR) is 88.6 cm³/mol. The third-order valence-electron chi connectivity index (χ3n) is 4.96. The molecule has 6 nitrogen and oxygen atoms in total. The maximum atomic E-state index is 12.2. The van der Waals surface area contributed by atoms with Gasteiger partial charge in [0, 0.05) is 30.4 Å². The van der Waals surface area contributed by atoms with Crippen LogP contribution in [0.25, 0.3) is 11.0 Å². The summed E-state index contributed by atoms with van der Waals surface area (Å²) in [5, 5.41) is 11.7. The molecule has 122 valence electrons. The van der Waals surface area contributed by atoms with Gasteiger partial charge in [-0.3, -0.25) is 14.7 Å². The maximum Gasteiger partial charge on any atom is 0.251 e. The van der Waals surface area contributed by atoms with Gasteiger partial charge in [0.2, 0.25) is 0 Å². The van der Waals surface area contributed by atoms with Crippen LogP contribution < -0.4 is 11.3 Å². The zero-order valence-electron chi connectivity index (χ0n) is 12.7. The first kappa shape index (κ1) is 15.1. The lowest BCUT2D eigenvalue weighted by molar-refractivity contribution is -0.0126. The Labute approximate surface area is 138 Å². The molecule has 0 spiro atoms. The number of halogens is 1. The van der Waals surface area contributed by atoms with Gasteiger partial charge in [-0.2, -0.15) is 0 Å². The highest BCUT2D eigenvalue weighted by Crippen LogP contribution is 2.40. The summed E-state index contributed by atoms with van der Waals surface area (Å²) < 4.78 is 1.58. The number of nitrogens with zero attached hydrogens (tertiary/aromatic N) is 3. The van der Waals surface area contributed by atoms with Crippen LogP contribution >= 0.6 is 11.6 Å². The third kappa shape index (κ3) is 2.37. The minimum Gasteiger partial charge on any atom is -0.382 e. The molecule has 0 radical (unpaired) electrons. The summed E-state index contributed by atoms with van der Waals surface area (Å²) in [6.45, 7) is 2.35. The van der Waals surface area contributed by atoms with Crippen molar-refractivity contribution >= 4 is 22.6 Å². The highest BCUT2D eigenvalue weighted by atomic mass is 35.5. The highest BCUT2D eigenvalue weighted by molar-refractivity contribution is 6.32. The van der Waals surface area contributed by atoms with Crippen molar-refractivity contribution in [3.8, 4) is 0 Å². The van der Waals surface area contributed by atoms with Crippen molar-refractivity contribution in [2.45, 2.75) is 31.0 Å². The summed E-state index contributed by atoms with van der Waals surface area (Å²) in [6.07, 6.45) is 3.39. The van der Waals surface area contributed by atoms with Gasteiger partial charge in [-0.05, 0) is 32.0 Å². The van der Waals surface area contributed by atoms with Crippen LogP contribution in [-0.2, 0) is 12.1 Å². The van der Waals surface area contributed by atoms with Gasteiger partial charge >= 0.3 is 0 Å². The van der Waals surface area contributed by atoms with Crippen molar-refractivity contribution in [3.05, 3.63) is 39.3 Å². The minimum absolute atomic E-state index is 0.139. The molecule has 2 aliphatic rings. The van der Waals surface area contributed by atoms with Gasteiger partial charge in [0.15, 0.2) is 0 Å². The lowest BCUT2D eigenvalue weighted by atomic mass is 9.94. The summed E-state index contributed by atoms with van der Waals surface area (Å²) in [7, 11) is 0. The average Bonchev–Trinajstić information content (AvgIpc) is 2.83. The highest BCUT2D eigenvalue weighted by Gasteiger charge is 2.42. The first-order valence-corrected chi connectivity index (χ1v) is 8.24. The Morgan fingerprint density at radius 1 is 1.39 bits per heavy atom. The minimum atomic E-state index is -1.17. The second-order valence-corrected chi connectivity index (χ2v) is 7.03. The Hall–Kier alpha value is -1.47. The molecule has 0 aromatic carbocycles. The van der Waals surface area contributed by atoms with Gasteiger partial charge < -0.3 is 15.4 Å². The smallest absolute Gasteiger partial charge is 0.251 e. The number of β-amino-alcohol motifs (C(OH)–C–C–N with tert-alkyl or cyclic N) is 1. The SMILES string of the molecule is NC1CCN(CC2(O)Cn3c(=O)ccc4ncc(Cl)c2c43)CC1. The molecule has 1 unspecified atom stereocenters. The molecular weight excluding hydrogens is 316 g/mol. The number of piperidine rings is 1. The van der Waals surface area contributed by atoms with E-state index in [0.29, 0.717) is 28.2 Å². The molecule has 7 heteroatoms. The van der Waals surface area contributed by atoms with E-state index in [4.69, 9.17) is 17.3 Å². The van der Waals surface area contributed by atoms with E-state index in [9.17, 15) is 9.90 Å². The van der Waals surface area contributed by atoms with Crippen molar-refractivity contribution < 1.29 is 5.11 Å². The van der Waals surface area contributed by atoms with Gasteiger partial charge in [0.05, 0.1) is 22.6 Å². The predicted octanol–water partition coefficient (Wildman–Crippen LogP) is 0.674. The Morgan fingerprint density at radius 2 is 2.13 bits per heavy atom. The lowest BCUT2D eigenvalue weighted by Gasteiger charge is -2.36. The summed E-state index contributed by atoms with van der Waals surface area (Å²) in [6, 6.07) is 3.40. The van der Waals surface area contributed by atoms with E-state index in [1.165, 1.54) is 6.07 Å². The fraction of sp³-hybridized carbons (Fsp3) is 0.500. The molecule has 1 fully saturated rings. The summed E-state index contributed by atoms with van der Waals surface area (Å²) >= 11 is 6.34. The molecule has 0 amide bonds. The van der Waals surface area contributed by atoms with Gasteiger partial charge in [-0.25, -0.2) is 0 Å². The van der Waals surface area contributed by atoms with Crippen LogP contribution in [0, 0.1) is 0 Å². The van der Waals surface area contributed by atoms with Crippen molar-refractivity contribution in [3.63, 3.8) is 0 Å².